The van der Waals surface area contributed by atoms with Crippen molar-refractivity contribution in [3.63, 3.8) is 0 Å². The van der Waals surface area contributed by atoms with Gasteiger partial charge in [0.1, 0.15) is 0 Å². The number of nitro groups is 1. The zero-order chi connectivity index (χ0) is 16.9. The van der Waals surface area contributed by atoms with Gasteiger partial charge in [0.2, 0.25) is 0 Å². The van der Waals surface area contributed by atoms with E-state index in [-0.39, 0.29) is 23.0 Å². The van der Waals surface area contributed by atoms with Crippen LogP contribution in [0.15, 0.2) is 73.1 Å². The summed E-state index contributed by atoms with van der Waals surface area (Å²) in [5, 5.41) is 11.4. The van der Waals surface area contributed by atoms with Gasteiger partial charge in [-0.25, -0.2) is 4.57 Å². The number of nitrogens with zero attached hydrogens (tertiary/aromatic N) is 2. The maximum Gasteiger partial charge on any atom is 0.269 e. The van der Waals surface area contributed by atoms with Gasteiger partial charge in [-0.15, -0.1) is 0 Å². The van der Waals surface area contributed by atoms with E-state index in [0.717, 1.165) is 34.7 Å². The zero-order valence-corrected chi connectivity index (χ0v) is 14.8. The Kier molecular flexibility index (Phi) is 6.51. The second-order valence-corrected chi connectivity index (χ2v) is 6.05. The van der Waals surface area contributed by atoms with E-state index in [9.17, 15) is 10.1 Å². The molecule has 25 heavy (non-hydrogen) atoms. The summed E-state index contributed by atoms with van der Waals surface area (Å²) in [7, 11) is 0. The molecule has 0 atom stereocenters. The van der Waals surface area contributed by atoms with Gasteiger partial charge in [0.15, 0.2) is 18.9 Å². The lowest BCUT2D eigenvalue weighted by Gasteiger charge is -2.02. The molecule has 4 nitrogen and oxygen atoms in total. The predicted molar refractivity (Wildman–Crippen MR) is 93.1 cm³/mol. The number of nitro benzene ring substituents is 1. The van der Waals surface area contributed by atoms with Gasteiger partial charge < -0.3 is 12.4 Å². The third-order valence-corrected chi connectivity index (χ3v) is 4.00. The standard InChI is InChI=1S/C19H16ClN2O2.ClH/c20-18-3-1-2-17(13-18)14-21-10-8-16(9-11-21)12-15-4-6-19(7-5-15)22(23)24;/h1-11,13H,12,14H2;1H/q+1;/p-1. The number of hydrogen-bond donors (Lipinski definition) is 0. The molecule has 1 aromatic heterocycles. The third-order valence-electron chi connectivity index (χ3n) is 3.77. The molecule has 3 aromatic rings. The van der Waals surface area contributed by atoms with Crippen molar-refractivity contribution >= 4 is 17.3 Å². The van der Waals surface area contributed by atoms with Gasteiger partial charge in [-0.05, 0) is 29.7 Å². The van der Waals surface area contributed by atoms with Crippen molar-refractivity contribution in [1.82, 2.24) is 0 Å². The first-order chi connectivity index (χ1) is 11.6. The first kappa shape index (κ1) is 18.9. The summed E-state index contributed by atoms with van der Waals surface area (Å²) in [6.07, 6.45) is 4.80. The lowest BCUT2D eigenvalue weighted by molar-refractivity contribution is -0.688. The van der Waals surface area contributed by atoms with Crippen LogP contribution in [0.4, 0.5) is 5.69 Å². The van der Waals surface area contributed by atoms with Crippen molar-refractivity contribution in [3.8, 4) is 0 Å². The lowest BCUT2D eigenvalue weighted by atomic mass is 10.1. The second-order valence-electron chi connectivity index (χ2n) is 5.61. The maximum atomic E-state index is 10.7. The Balaban J connectivity index is 0.00000225. The van der Waals surface area contributed by atoms with Crippen LogP contribution in [0.5, 0.6) is 0 Å². The van der Waals surface area contributed by atoms with E-state index in [4.69, 9.17) is 11.6 Å². The summed E-state index contributed by atoms with van der Waals surface area (Å²) in [5.74, 6) is 0. The first-order valence-corrected chi connectivity index (χ1v) is 7.94. The normalized spacial score (nSPS) is 10.1. The Morgan fingerprint density at radius 3 is 2.16 bits per heavy atom. The number of halogens is 2. The highest BCUT2D eigenvalue weighted by atomic mass is 35.5. The Hall–Kier alpha value is -2.43. The van der Waals surface area contributed by atoms with Crippen molar-refractivity contribution < 1.29 is 21.9 Å². The highest BCUT2D eigenvalue weighted by Crippen LogP contribution is 2.15. The summed E-state index contributed by atoms with van der Waals surface area (Å²) in [4.78, 5) is 10.3. The molecule has 0 aliphatic rings. The van der Waals surface area contributed by atoms with Crippen molar-refractivity contribution in [2.75, 3.05) is 0 Å². The molecule has 0 spiro atoms. The van der Waals surface area contributed by atoms with E-state index in [1.165, 1.54) is 12.1 Å². The van der Waals surface area contributed by atoms with E-state index >= 15 is 0 Å². The van der Waals surface area contributed by atoms with Crippen LogP contribution in [0.1, 0.15) is 16.7 Å². The minimum atomic E-state index is -0.384. The van der Waals surface area contributed by atoms with Gasteiger partial charge in [0.25, 0.3) is 5.69 Å². The Morgan fingerprint density at radius 2 is 1.56 bits per heavy atom. The van der Waals surface area contributed by atoms with E-state index in [1.807, 2.05) is 36.7 Å². The number of pyridine rings is 1. The van der Waals surface area contributed by atoms with Crippen LogP contribution in [0.25, 0.3) is 0 Å². The molecule has 128 valence electrons. The van der Waals surface area contributed by atoms with E-state index in [0.29, 0.717) is 0 Å². The average molecular weight is 375 g/mol. The lowest BCUT2D eigenvalue weighted by Crippen LogP contribution is -3.00. The zero-order valence-electron chi connectivity index (χ0n) is 13.3. The maximum absolute atomic E-state index is 10.7. The molecule has 0 bridgehead atoms. The summed E-state index contributed by atoms with van der Waals surface area (Å²) in [6.45, 7) is 0.762. The van der Waals surface area contributed by atoms with Gasteiger partial charge in [0, 0.05) is 34.9 Å². The van der Waals surface area contributed by atoms with Crippen LogP contribution in [0.2, 0.25) is 5.02 Å². The average Bonchev–Trinajstić information content (AvgIpc) is 2.57. The van der Waals surface area contributed by atoms with Crippen LogP contribution in [0.3, 0.4) is 0 Å². The number of benzene rings is 2. The largest absolute Gasteiger partial charge is 1.00 e. The fourth-order valence-corrected chi connectivity index (χ4v) is 2.74. The fourth-order valence-electron chi connectivity index (χ4n) is 2.53. The highest BCUT2D eigenvalue weighted by molar-refractivity contribution is 6.30. The molecule has 0 fully saturated rings. The molecular weight excluding hydrogens is 359 g/mol. The number of non-ortho nitro benzene ring substituents is 1. The number of hydrogen-bond acceptors (Lipinski definition) is 2. The molecule has 0 saturated carbocycles. The van der Waals surface area contributed by atoms with Crippen LogP contribution in [-0.4, -0.2) is 4.92 Å². The Bertz CT molecular complexity index is 850. The monoisotopic (exact) mass is 374 g/mol. The summed E-state index contributed by atoms with van der Waals surface area (Å²) in [5.41, 5.74) is 3.47. The van der Waals surface area contributed by atoms with Crippen molar-refractivity contribution in [2.45, 2.75) is 13.0 Å². The minimum absolute atomic E-state index is 0. The van der Waals surface area contributed by atoms with Gasteiger partial charge in [-0.3, -0.25) is 10.1 Å². The summed E-state index contributed by atoms with van der Waals surface area (Å²) >= 11 is 6.01. The molecule has 1 heterocycles. The molecule has 0 amide bonds. The van der Waals surface area contributed by atoms with E-state index in [1.54, 1.807) is 12.1 Å². The van der Waals surface area contributed by atoms with E-state index in [2.05, 4.69) is 16.7 Å². The number of rotatable bonds is 5. The predicted octanol–water partition coefficient (Wildman–Crippen LogP) is 1.18. The molecule has 0 aliphatic carbocycles. The Labute approximate surface area is 157 Å². The molecule has 2 aromatic carbocycles. The molecule has 0 N–H and O–H groups in total. The third kappa shape index (κ3) is 5.28. The van der Waals surface area contributed by atoms with Crippen LogP contribution >= 0.6 is 11.6 Å². The first-order valence-electron chi connectivity index (χ1n) is 7.56. The van der Waals surface area contributed by atoms with Crippen LogP contribution in [-0.2, 0) is 13.0 Å². The van der Waals surface area contributed by atoms with Crippen molar-refractivity contribution in [3.05, 3.63) is 105 Å². The van der Waals surface area contributed by atoms with Gasteiger partial charge in [-0.1, -0.05) is 35.9 Å². The molecule has 3 rings (SSSR count). The van der Waals surface area contributed by atoms with Gasteiger partial charge in [0.05, 0.1) is 4.92 Å². The SMILES string of the molecule is O=[N+]([O-])c1ccc(Cc2cc[n+](Cc3cccc(Cl)c3)cc2)cc1.[Cl-]. The minimum Gasteiger partial charge on any atom is -1.00 e. The molecular formula is C19H16Cl2N2O2. The van der Waals surface area contributed by atoms with E-state index < -0.39 is 0 Å². The summed E-state index contributed by atoms with van der Waals surface area (Å²) < 4.78 is 2.09. The van der Waals surface area contributed by atoms with Crippen LogP contribution < -0.4 is 17.0 Å². The molecule has 0 unspecified atom stereocenters. The van der Waals surface area contributed by atoms with Crippen LogP contribution in [0, 0.1) is 10.1 Å². The fraction of sp³-hybridized carbons (Fsp3) is 0.105. The van der Waals surface area contributed by atoms with Gasteiger partial charge in [-0.2, -0.15) is 0 Å². The quantitative estimate of drug-likeness (QED) is 0.382. The molecule has 6 heteroatoms. The number of aromatic nitrogens is 1. The highest BCUT2D eigenvalue weighted by Gasteiger charge is 2.06. The summed E-state index contributed by atoms with van der Waals surface area (Å²) in [6, 6.07) is 18.6. The van der Waals surface area contributed by atoms with Gasteiger partial charge >= 0.3 is 0 Å². The Morgan fingerprint density at radius 1 is 0.920 bits per heavy atom. The van der Waals surface area contributed by atoms with Crippen molar-refractivity contribution in [1.29, 1.82) is 0 Å². The molecule has 0 aliphatic heterocycles. The molecule has 0 saturated heterocycles. The second kappa shape index (κ2) is 8.60. The smallest absolute Gasteiger partial charge is 0.269 e. The molecule has 0 radical (unpaired) electrons. The topological polar surface area (TPSA) is 47.0 Å². The van der Waals surface area contributed by atoms with Crippen molar-refractivity contribution in [2.24, 2.45) is 0 Å².